The van der Waals surface area contributed by atoms with E-state index in [0.717, 1.165) is 5.56 Å². The summed E-state index contributed by atoms with van der Waals surface area (Å²) in [5.41, 5.74) is 0.295. The van der Waals surface area contributed by atoms with Gasteiger partial charge in [-0.05, 0) is 42.7 Å². The highest BCUT2D eigenvalue weighted by Crippen LogP contribution is 2.28. The van der Waals surface area contributed by atoms with Crippen molar-refractivity contribution in [3.05, 3.63) is 65.2 Å². The quantitative estimate of drug-likeness (QED) is 0.553. The van der Waals surface area contributed by atoms with Gasteiger partial charge in [-0.3, -0.25) is 8.75 Å². The zero-order valence-electron chi connectivity index (χ0n) is 12.8. The van der Waals surface area contributed by atoms with E-state index in [4.69, 9.17) is 15.8 Å². The minimum Gasteiger partial charge on any atom is -0.346 e. The Hall–Kier alpha value is -1.17. The third-order valence-electron chi connectivity index (χ3n) is 3.50. The Bertz CT molecular complexity index is 778. The Morgan fingerprint density at radius 1 is 1.08 bits per heavy atom. The van der Waals surface area contributed by atoms with Crippen molar-refractivity contribution in [1.82, 2.24) is 0 Å². The number of halogens is 1. The van der Waals surface area contributed by atoms with Crippen molar-refractivity contribution in [2.75, 3.05) is 6.61 Å². The first kappa shape index (κ1) is 19.2. The summed E-state index contributed by atoms with van der Waals surface area (Å²) in [6.45, 7) is -0.327. The molecule has 0 saturated carbocycles. The molecule has 2 atom stereocenters. The second kappa shape index (κ2) is 8.79. The Kier molecular flexibility index (Phi) is 7.02. The van der Waals surface area contributed by atoms with Gasteiger partial charge in [-0.15, -0.1) is 0 Å². The Labute approximate surface area is 147 Å². The minimum atomic E-state index is -3.98. The highest BCUT2D eigenvalue weighted by atomic mass is 35.5. The maximum atomic E-state index is 12.1. The van der Waals surface area contributed by atoms with Gasteiger partial charge in [0.05, 0.1) is 17.2 Å². The normalized spacial score (nSPS) is 14.2. The molecule has 0 aliphatic rings. The van der Waals surface area contributed by atoms with E-state index in [2.05, 4.69) is 0 Å². The lowest BCUT2D eigenvalue weighted by Crippen LogP contribution is -2.17. The predicted molar refractivity (Wildman–Crippen MR) is 94.4 cm³/mol. The van der Waals surface area contributed by atoms with Gasteiger partial charge in [-0.25, -0.2) is 0 Å². The highest BCUT2D eigenvalue weighted by molar-refractivity contribution is 7.86. The Morgan fingerprint density at radius 2 is 1.71 bits per heavy atom. The molecule has 0 spiro atoms. The lowest BCUT2D eigenvalue weighted by molar-refractivity contribution is 0.304. The molecule has 0 aromatic heterocycles. The highest BCUT2D eigenvalue weighted by Gasteiger charge is 2.21. The summed E-state index contributed by atoms with van der Waals surface area (Å²) in [5, 5.41) is 0.412. The van der Waals surface area contributed by atoms with Gasteiger partial charge in [-0.1, -0.05) is 41.9 Å². The summed E-state index contributed by atoms with van der Waals surface area (Å²) in [6.07, 6.45) is 0.946. The number of hydrogen-bond acceptors (Lipinski definition) is 4. The van der Waals surface area contributed by atoms with Gasteiger partial charge in [0.15, 0.2) is 8.03 Å². The van der Waals surface area contributed by atoms with Gasteiger partial charge >= 0.3 is 0 Å². The zero-order chi connectivity index (χ0) is 17.6. The number of benzene rings is 2. The smallest absolute Gasteiger partial charge is 0.296 e. The van der Waals surface area contributed by atoms with Gasteiger partial charge < -0.3 is 4.89 Å². The molecule has 2 aromatic carbocycles. The van der Waals surface area contributed by atoms with E-state index in [0.29, 0.717) is 17.9 Å². The minimum absolute atomic E-state index is 0.0358. The largest absolute Gasteiger partial charge is 0.346 e. The van der Waals surface area contributed by atoms with Crippen LogP contribution in [0.2, 0.25) is 5.02 Å². The SMILES string of the molecule is O=[PH](O)C(CCc1ccccc1)COS(=O)(=O)c1ccc(Cl)cc1. The Morgan fingerprint density at radius 3 is 2.29 bits per heavy atom. The van der Waals surface area contributed by atoms with Crippen LogP contribution in [-0.2, 0) is 25.3 Å². The van der Waals surface area contributed by atoms with Crippen LogP contribution in [0.1, 0.15) is 12.0 Å². The molecular weight excluding hydrogens is 371 g/mol. The van der Waals surface area contributed by atoms with Gasteiger partial charge in [0.25, 0.3) is 10.1 Å². The number of hydrogen-bond donors (Lipinski definition) is 1. The Balaban J connectivity index is 1.98. The maximum Gasteiger partial charge on any atom is 0.296 e. The second-order valence-electron chi connectivity index (χ2n) is 5.25. The van der Waals surface area contributed by atoms with Crippen molar-refractivity contribution in [1.29, 1.82) is 0 Å². The molecule has 5 nitrogen and oxygen atoms in total. The average Bonchev–Trinajstić information content (AvgIpc) is 2.55. The second-order valence-corrected chi connectivity index (χ2v) is 8.80. The maximum absolute atomic E-state index is 12.1. The predicted octanol–water partition coefficient (Wildman–Crippen LogP) is 3.51. The summed E-state index contributed by atoms with van der Waals surface area (Å²) < 4.78 is 40.7. The average molecular weight is 389 g/mol. The van der Waals surface area contributed by atoms with E-state index in [1.807, 2.05) is 30.3 Å². The van der Waals surface area contributed by atoms with Crippen molar-refractivity contribution in [3.8, 4) is 0 Å². The molecule has 0 aliphatic heterocycles. The van der Waals surface area contributed by atoms with Crippen LogP contribution in [0.3, 0.4) is 0 Å². The molecule has 0 heterocycles. The van der Waals surface area contributed by atoms with Gasteiger partial charge in [0.2, 0.25) is 0 Å². The first-order valence-electron chi connectivity index (χ1n) is 7.30. The molecule has 2 unspecified atom stereocenters. The van der Waals surface area contributed by atoms with E-state index >= 15 is 0 Å². The molecule has 0 aliphatic carbocycles. The van der Waals surface area contributed by atoms with Gasteiger partial charge in [-0.2, -0.15) is 8.42 Å². The zero-order valence-corrected chi connectivity index (χ0v) is 15.3. The van der Waals surface area contributed by atoms with Gasteiger partial charge in [0, 0.05) is 5.02 Å². The molecule has 2 aromatic rings. The van der Waals surface area contributed by atoms with E-state index in [1.54, 1.807) is 0 Å². The van der Waals surface area contributed by atoms with E-state index in [-0.39, 0.29) is 11.5 Å². The standard InChI is InChI=1S/C16H18ClO5PS/c17-14-7-10-16(11-8-14)24(20,21)22-12-15(23(18)19)9-6-13-4-2-1-3-5-13/h1-5,7-8,10-11,15,23H,6,9,12H2,(H,18,19). The summed E-state index contributed by atoms with van der Waals surface area (Å²) in [6, 6.07) is 15.0. The molecule has 8 heteroatoms. The summed E-state index contributed by atoms with van der Waals surface area (Å²) in [4.78, 5) is 9.41. The fraction of sp³-hybridized carbons (Fsp3) is 0.250. The van der Waals surface area contributed by atoms with Gasteiger partial charge in [0.1, 0.15) is 0 Å². The van der Waals surface area contributed by atoms with Crippen LogP contribution in [0.4, 0.5) is 0 Å². The van der Waals surface area contributed by atoms with Crippen molar-refractivity contribution in [2.24, 2.45) is 0 Å². The molecule has 2 rings (SSSR count). The molecule has 0 saturated heterocycles. The van der Waals surface area contributed by atoms with Crippen LogP contribution >= 0.6 is 19.6 Å². The molecule has 0 fully saturated rings. The lowest BCUT2D eigenvalue weighted by atomic mass is 10.1. The topological polar surface area (TPSA) is 80.7 Å². The van der Waals surface area contributed by atoms with Crippen molar-refractivity contribution in [2.45, 2.75) is 23.4 Å². The van der Waals surface area contributed by atoms with Crippen molar-refractivity contribution in [3.63, 3.8) is 0 Å². The summed E-state index contributed by atoms with van der Waals surface area (Å²) >= 11 is 5.72. The monoisotopic (exact) mass is 388 g/mol. The number of rotatable bonds is 8. The van der Waals surface area contributed by atoms with E-state index in [1.165, 1.54) is 24.3 Å². The lowest BCUT2D eigenvalue weighted by Gasteiger charge is -2.14. The number of aryl methyl sites for hydroxylation is 1. The molecule has 130 valence electrons. The fourth-order valence-corrected chi connectivity index (χ4v) is 3.92. The third-order valence-corrected chi connectivity index (χ3v) is 6.20. The molecule has 0 radical (unpaired) electrons. The molecule has 0 amide bonds. The van der Waals surface area contributed by atoms with Crippen molar-refractivity contribution >= 4 is 29.7 Å². The van der Waals surface area contributed by atoms with Crippen LogP contribution < -0.4 is 0 Å². The van der Waals surface area contributed by atoms with E-state index < -0.39 is 23.8 Å². The first-order valence-corrected chi connectivity index (χ1v) is 10.5. The summed E-state index contributed by atoms with van der Waals surface area (Å²) in [5.74, 6) is 0. The van der Waals surface area contributed by atoms with Crippen molar-refractivity contribution < 1.29 is 22.1 Å². The first-order chi connectivity index (χ1) is 11.4. The molecular formula is C16H18ClO5PS. The van der Waals surface area contributed by atoms with Crippen LogP contribution in [0.15, 0.2) is 59.5 Å². The van der Waals surface area contributed by atoms with Crippen LogP contribution in [0.5, 0.6) is 0 Å². The molecule has 0 bridgehead atoms. The fourth-order valence-electron chi connectivity index (χ4n) is 2.10. The van der Waals surface area contributed by atoms with Crippen LogP contribution in [0.25, 0.3) is 0 Å². The molecule has 24 heavy (non-hydrogen) atoms. The summed E-state index contributed by atoms with van der Waals surface area (Å²) in [7, 11) is -6.89. The van der Waals surface area contributed by atoms with Crippen LogP contribution in [0, 0.1) is 0 Å². The molecule has 1 N–H and O–H groups in total. The van der Waals surface area contributed by atoms with E-state index in [9.17, 15) is 17.9 Å². The third kappa shape index (κ3) is 5.72. The van der Waals surface area contributed by atoms with Crippen LogP contribution in [-0.4, -0.2) is 25.6 Å².